The summed E-state index contributed by atoms with van der Waals surface area (Å²) < 4.78 is 32.8. The van der Waals surface area contributed by atoms with Gasteiger partial charge in [0.25, 0.3) is 10.0 Å². The Morgan fingerprint density at radius 2 is 2.05 bits per heavy atom. The second kappa shape index (κ2) is 6.39. The van der Waals surface area contributed by atoms with Gasteiger partial charge in [-0.25, -0.2) is 13.4 Å². The summed E-state index contributed by atoms with van der Waals surface area (Å²) in [6.07, 6.45) is 1.40. The Hall–Kier alpha value is -1.02. The monoisotopic (exact) mass is 410 g/mol. The Bertz CT molecular complexity index is 784. The summed E-state index contributed by atoms with van der Waals surface area (Å²) in [6, 6.07) is 5.86. The van der Waals surface area contributed by atoms with E-state index in [0.717, 1.165) is 0 Å². The first-order chi connectivity index (χ1) is 9.85. The molecule has 0 unspecified atom stereocenters. The van der Waals surface area contributed by atoms with E-state index in [4.69, 9.17) is 27.9 Å². The maximum atomic E-state index is 12.4. The van der Waals surface area contributed by atoms with Gasteiger partial charge in [-0.15, -0.1) is 0 Å². The highest BCUT2D eigenvalue weighted by Gasteiger charge is 2.21. The molecule has 112 valence electrons. The van der Waals surface area contributed by atoms with Crippen LogP contribution in [0.15, 0.2) is 39.8 Å². The number of hydrogen-bond donors (Lipinski definition) is 1. The van der Waals surface area contributed by atoms with E-state index in [1.165, 1.54) is 31.5 Å². The van der Waals surface area contributed by atoms with E-state index in [2.05, 4.69) is 25.6 Å². The van der Waals surface area contributed by atoms with Gasteiger partial charge in [-0.05, 0) is 40.2 Å². The van der Waals surface area contributed by atoms with Gasteiger partial charge in [0, 0.05) is 11.2 Å². The quantitative estimate of drug-likeness (QED) is 0.773. The molecule has 0 saturated heterocycles. The number of methoxy groups -OCH3 is 1. The lowest BCUT2D eigenvalue weighted by Crippen LogP contribution is -2.14. The lowest BCUT2D eigenvalue weighted by atomic mass is 10.3. The fourth-order valence-corrected chi connectivity index (χ4v) is 4.09. The van der Waals surface area contributed by atoms with Crippen molar-refractivity contribution in [3.63, 3.8) is 0 Å². The normalized spacial score (nSPS) is 11.2. The van der Waals surface area contributed by atoms with Crippen molar-refractivity contribution in [2.45, 2.75) is 4.90 Å². The number of halogens is 3. The molecule has 0 saturated carbocycles. The number of pyridine rings is 1. The van der Waals surface area contributed by atoms with E-state index in [1.807, 2.05) is 0 Å². The molecule has 0 amide bonds. The minimum Gasteiger partial charge on any atom is -0.493 e. The highest BCUT2D eigenvalue weighted by atomic mass is 79.9. The molecule has 0 atom stereocenters. The molecule has 2 aromatic rings. The molecule has 1 aromatic carbocycles. The third kappa shape index (κ3) is 3.60. The van der Waals surface area contributed by atoms with Gasteiger partial charge < -0.3 is 4.74 Å². The molecule has 0 aliphatic heterocycles. The number of rotatable bonds is 4. The van der Waals surface area contributed by atoms with Crippen LogP contribution in [0.4, 0.5) is 5.69 Å². The first-order valence-corrected chi connectivity index (χ1v) is 8.54. The second-order valence-electron chi connectivity index (χ2n) is 3.87. The van der Waals surface area contributed by atoms with Gasteiger partial charge in [0.15, 0.2) is 5.75 Å². The van der Waals surface area contributed by atoms with Gasteiger partial charge in [0.2, 0.25) is 0 Å². The predicted molar refractivity (Wildman–Crippen MR) is 85.8 cm³/mol. The molecule has 1 aromatic heterocycles. The predicted octanol–water partition coefficient (Wildman–Crippen LogP) is 3.96. The number of nitrogens with one attached hydrogen (secondary N) is 1. The average molecular weight is 412 g/mol. The van der Waals surface area contributed by atoms with E-state index >= 15 is 0 Å². The molecule has 1 heterocycles. The first kappa shape index (κ1) is 16.4. The summed E-state index contributed by atoms with van der Waals surface area (Å²) in [6.45, 7) is 0. The zero-order valence-electron chi connectivity index (χ0n) is 10.6. The molecule has 0 bridgehead atoms. The molecule has 0 fully saturated rings. The lowest BCUT2D eigenvalue weighted by molar-refractivity contribution is 0.414. The van der Waals surface area contributed by atoms with Crippen LogP contribution < -0.4 is 9.46 Å². The molecule has 9 heteroatoms. The van der Waals surface area contributed by atoms with Gasteiger partial charge in [0.1, 0.15) is 10.0 Å². The number of nitrogens with zero attached hydrogens (tertiary/aromatic N) is 1. The lowest BCUT2D eigenvalue weighted by Gasteiger charge is -2.14. The first-order valence-electron chi connectivity index (χ1n) is 5.51. The van der Waals surface area contributed by atoms with Gasteiger partial charge in [0.05, 0.1) is 17.3 Å². The fraction of sp³-hybridized carbons (Fsp3) is 0.0833. The summed E-state index contributed by atoms with van der Waals surface area (Å²) in [4.78, 5) is 3.61. The number of benzene rings is 1. The van der Waals surface area contributed by atoms with Crippen LogP contribution in [0, 0.1) is 0 Å². The van der Waals surface area contributed by atoms with Crippen molar-refractivity contribution < 1.29 is 13.2 Å². The molecule has 5 nitrogen and oxygen atoms in total. The number of ether oxygens (including phenoxy) is 1. The van der Waals surface area contributed by atoms with Crippen molar-refractivity contribution in [2.75, 3.05) is 11.8 Å². The molecule has 0 aliphatic carbocycles. The van der Waals surface area contributed by atoms with Crippen LogP contribution in [0.2, 0.25) is 10.2 Å². The van der Waals surface area contributed by atoms with Gasteiger partial charge >= 0.3 is 0 Å². The minimum absolute atomic E-state index is 0.120. The molecule has 0 spiro atoms. The molecule has 0 radical (unpaired) electrons. The third-order valence-electron chi connectivity index (χ3n) is 2.47. The molecule has 1 N–H and O–H groups in total. The zero-order valence-corrected chi connectivity index (χ0v) is 14.5. The van der Waals surface area contributed by atoms with Crippen molar-refractivity contribution in [1.82, 2.24) is 4.98 Å². The van der Waals surface area contributed by atoms with E-state index in [0.29, 0.717) is 15.2 Å². The van der Waals surface area contributed by atoms with Crippen LogP contribution in [-0.2, 0) is 10.0 Å². The maximum Gasteiger partial charge on any atom is 0.265 e. The zero-order chi connectivity index (χ0) is 15.6. The molecular weight excluding hydrogens is 403 g/mol. The topological polar surface area (TPSA) is 68.3 Å². The van der Waals surface area contributed by atoms with Crippen LogP contribution in [0.3, 0.4) is 0 Å². The van der Waals surface area contributed by atoms with Crippen molar-refractivity contribution in [3.8, 4) is 5.75 Å². The van der Waals surface area contributed by atoms with Crippen LogP contribution in [0.25, 0.3) is 0 Å². The fourth-order valence-electron chi connectivity index (χ4n) is 1.62. The van der Waals surface area contributed by atoms with Gasteiger partial charge in [-0.1, -0.05) is 23.2 Å². The largest absolute Gasteiger partial charge is 0.493 e. The van der Waals surface area contributed by atoms with Crippen molar-refractivity contribution >= 4 is 54.8 Å². The summed E-state index contributed by atoms with van der Waals surface area (Å²) >= 11 is 15.0. The Morgan fingerprint density at radius 3 is 2.67 bits per heavy atom. The highest BCUT2D eigenvalue weighted by molar-refractivity contribution is 9.10. The Labute approximate surface area is 140 Å². The summed E-state index contributed by atoms with van der Waals surface area (Å²) in [5.41, 5.74) is 0.191. The van der Waals surface area contributed by atoms with Crippen molar-refractivity contribution in [3.05, 3.63) is 45.1 Å². The molecule has 2 rings (SSSR count). The second-order valence-corrected chi connectivity index (χ2v) is 7.17. The Morgan fingerprint density at radius 1 is 1.33 bits per heavy atom. The van der Waals surface area contributed by atoms with Crippen LogP contribution in [0.1, 0.15) is 0 Å². The van der Waals surface area contributed by atoms with Crippen molar-refractivity contribution in [2.24, 2.45) is 0 Å². The van der Waals surface area contributed by atoms with E-state index in [9.17, 15) is 8.42 Å². The average Bonchev–Trinajstić information content (AvgIpc) is 2.38. The summed E-state index contributed by atoms with van der Waals surface area (Å²) in [5, 5.41) is 0.225. The smallest absolute Gasteiger partial charge is 0.265 e. The molecule has 0 aliphatic rings. The molecule has 21 heavy (non-hydrogen) atoms. The standard InChI is InChI=1S/C12H9BrCl2N2O3S/c1-20-11-8(13)5-7(14)6-9(11)17-21(18,19)10-3-2-4-16-12(10)15/h2-6,17H,1H3. The maximum absolute atomic E-state index is 12.4. The summed E-state index contributed by atoms with van der Waals surface area (Å²) in [7, 11) is -2.49. The van der Waals surface area contributed by atoms with Gasteiger partial charge in [-0.3, -0.25) is 4.72 Å². The number of anilines is 1. The SMILES string of the molecule is COc1c(Br)cc(Cl)cc1NS(=O)(=O)c1cccnc1Cl. The Balaban J connectivity index is 2.49. The third-order valence-corrected chi connectivity index (χ3v) is 5.09. The van der Waals surface area contributed by atoms with Crippen molar-refractivity contribution in [1.29, 1.82) is 0 Å². The summed E-state index contributed by atoms with van der Waals surface area (Å²) in [5.74, 6) is 0.308. The highest BCUT2D eigenvalue weighted by Crippen LogP contribution is 2.37. The number of hydrogen-bond acceptors (Lipinski definition) is 4. The van der Waals surface area contributed by atoms with E-state index < -0.39 is 10.0 Å². The van der Waals surface area contributed by atoms with Crippen LogP contribution >= 0.6 is 39.1 Å². The van der Waals surface area contributed by atoms with E-state index in [1.54, 1.807) is 6.07 Å². The van der Waals surface area contributed by atoms with Gasteiger partial charge in [-0.2, -0.15) is 0 Å². The van der Waals surface area contributed by atoms with Crippen LogP contribution in [0.5, 0.6) is 5.75 Å². The number of aromatic nitrogens is 1. The van der Waals surface area contributed by atoms with Crippen LogP contribution in [-0.4, -0.2) is 20.5 Å². The van der Waals surface area contributed by atoms with E-state index in [-0.39, 0.29) is 15.7 Å². The molecular formula is C12H9BrCl2N2O3S. The minimum atomic E-state index is -3.91. The Kier molecular flexibility index (Phi) is 4.98. The number of sulfonamides is 1.